The van der Waals surface area contributed by atoms with Gasteiger partial charge in [0.2, 0.25) is 5.82 Å². The molecule has 118 valence electrons. The van der Waals surface area contributed by atoms with Gasteiger partial charge in [0.25, 0.3) is 0 Å². The molecule has 3 rings (SSSR count). The maximum Gasteiger partial charge on any atom is 0.451 e. The molecule has 1 fully saturated rings. The Balaban J connectivity index is 2.02. The fourth-order valence-electron chi connectivity index (χ4n) is 2.62. The molecule has 0 saturated heterocycles. The van der Waals surface area contributed by atoms with E-state index < -0.39 is 18.1 Å². The first-order valence-corrected chi connectivity index (χ1v) is 8.02. The maximum absolute atomic E-state index is 13.0. The van der Waals surface area contributed by atoms with Crippen molar-refractivity contribution in [2.45, 2.75) is 48.2 Å². The molecule has 2 unspecified atom stereocenters. The molecule has 22 heavy (non-hydrogen) atoms. The molecule has 2 atom stereocenters. The summed E-state index contributed by atoms with van der Waals surface area (Å²) in [7, 11) is 0. The molecule has 1 N–H and O–H groups in total. The van der Waals surface area contributed by atoms with Gasteiger partial charge >= 0.3 is 6.18 Å². The van der Waals surface area contributed by atoms with Crippen molar-refractivity contribution in [2.75, 3.05) is 0 Å². The van der Waals surface area contributed by atoms with Gasteiger partial charge < -0.3 is 5.11 Å². The Labute approximate surface area is 130 Å². The second-order valence-corrected chi connectivity index (χ2v) is 6.60. The van der Waals surface area contributed by atoms with Gasteiger partial charge in [0.05, 0.1) is 11.6 Å². The van der Waals surface area contributed by atoms with Crippen LogP contribution in [0.25, 0.3) is 10.9 Å². The first-order chi connectivity index (χ1) is 10.4. The summed E-state index contributed by atoms with van der Waals surface area (Å²) in [6.45, 7) is 0. The first-order valence-electron chi connectivity index (χ1n) is 7.14. The number of thioether (sulfide) groups is 1. The predicted octanol–water partition coefficient (Wildman–Crippen LogP) is 4.04. The quantitative estimate of drug-likeness (QED) is 0.845. The van der Waals surface area contributed by atoms with Gasteiger partial charge in [0.15, 0.2) is 0 Å². The monoisotopic (exact) mass is 328 g/mol. The molecule has 3 nitrogen and oxygen atoms in total. The average molecular weight is 328 g/mol. The number of aliphatic hydroxyl groups is 1. The Kier molecular flexibility index (Phi) is 4.27. The Hall–Kier alpha value is -1.34. The van der Waals surface area contributed by atoms with Crippen LogP contribution in [0.4, 0.5) is 13.2 Å². The Morgan fingerprint density at radius 2 is 1.82 bits per heavy atom. The van der Waals surface area contributed by atoms with Crippen LogP contribution in [0.1, 0.15) is 31.5 Å². The van der Waals surface area contributed by atoms with Crippen molar-refractivity contribution >= 4 is 22.7 Å². The summed E-state index contributed by atoms with van der Waals surface area (Å²) < 4.78 is 38.9. The Bertz CT molecular complexity index is 677. The summed E-state index contributed by atoms with van der Waals surface area (Å²) in [6.07, 6.45) is -1.68. The fraction of sp³-hybridized carbons (Fsp3) is 0.467. The lowest BCUT2D eigenvalue weighted by atomic mass is 9.97. The fourth-order valence-corrected chi connectivity index (χ4v) is 3.93. The SMILES string of the molecule is OC1CCCCC1Sc1nc(C(F)(F)F)nc2ccccc12. The number of para-hydroxylation sites is 1. The smallest absolute Gasteiger partial charge is 0.392 e. The van der Waals surface area contributed by atoms with Crippen LogP contribution in [0.5, 0.6) is 0 Å². The normalized spacial score (nSPS) is 22.9. The van der Waals surface area contributed by atoms with E-state index in [9.17, 15) is 18.3 Å². The minimum absolute atomic E-state index is 0.117. The highest BCUT2D eigenvalue weighted by molar-refractivity contribution is 8.00. The summed E-state index contributed by atoms with van der Waals surface area (Å²) >= 11 is 1.23. The number of hydrogen-bond acceptors (Lipinski definition) is 4. The van der Waals surface area contributed by atoms with Crippen molar-refractivity contribution < 1.29 is 18.3 Å². The third-order valence-corrected chi connectivity index (χ3v) is 5.14. The number of fused-ring (bicyclic) bond motifs is 1. The van der Waals surface area contributed by atoms with Gasteiger partial charge in [-0.1, -0.05) is 42.8 Å². The number of benzene rings is 1. The van der Waals surface area contributed by atoms with E-state index in [0.717, 1.165) is 19.3 Å². The van der Waals surface area contributed by atoms with Crippen molar-refractivity contribution in [1.29, 1.82) is 0 Å². The van der Waals surface area contributed by atoms with Gasteiger partial charge in [-0.05, 0) is 18.9 Å². The highest BCUT2D eigenvalue weighted by Crippen LogP contribution is 2.37. The zero-order chi connectivity index (χ0) is 15.7. The lowest BCUT2D eigenvalue weighted by Crippen LogP contribution is -2.27. The van der Waals surface area contributed by atoms with E-state index >= 15 is 0 Å². The van der Waals surface area contributed by atoms with Crippen molar-refractivity contribution in [3.63, 3.8) is 0 Å². The molecule has 0 aliphatic heterocycles. The summed E-state index contributed by atoms with van der Waals surface area (Å²) in [5, 5.41) is 10.8. The third kappa shape index (κ3) is 3.20. The Morgan fingerprint density at radius 3 is 2.55 bits per heavy atom. The summed E-state index contributed by atoms with van der Waals surface area (Å²) in [4.78, 5) is 7.32. The molecule has 1 saturated carbocycles. The number of alkyl halides is 3. The second kappa shape index (κ2) is 6.04. The van der Waals surface area contributed by atoms with Crippen molar-refractivity contribution in [3.8, 4) is 0 Å². The van der Waals surface area contributed by atoms with Crippen LogP contribution in [0.15, 0.2) is 29.3 Å². The number of rotatable bonds is 2. The summed E-state index contributed by atoms with van der Waals surface area (Å²) in [5.74, 6) is -1.13. The molecule has 2 aromatic rings. The van der Waals surface area contributed by atoms with E-state index in [4.69, 9.17) is 0 Å². The molecule has 1 aromatic heterocycles. The third-order valence-electron chi connectivity index (χ3n) is 3.75. The number of aromatic nitrogens is 2. The highest BCUT2D eigenvalue weighted by Gasteiger charge is 2.36. The van der Waals surface area contributed by atoms with E-state index in [2.05, 4.69) is 9.97 Å². The van der Waals surface area contributed by atoms with Crippen LogP contribution in [-0.4, -0.2) is 26.4 Å². The highest BCUT2D eigenvalue weighted by atomic mass is 32.2. The minimum atomic E-state index is -4.58. The van der Waals surface area contributed by atoms with E-state index in [1.165, 1.54) is 11.8 Å². The topological polar surface area (TPSA) is 46.0 Å². The lowest BCUT2D eigenvalue weighted by molar-refractivity contribution is -0.145. The molecule has 0 amide bonds. The van der Waals surface area contributed by atoms with Crippen molar-refractivity contribution in [1.82, 2.24) is 9.97 Å². The number of hydrogen-bond donors (Lipinski definition) is 1. The van der Waals surface area contributed by atoms with Gasteiger partial charge in [0.1, 0.15) is 5.03 Å². The van der Waals surface area contributed by atoms with Crippen LogP contribution in [-0.2, 0) is 6.18 Å². The molecule has 1 aliphatic rings. The van der Waals surface area contributed by atoms with E-state index in [1.54, 1.807) is 24.3 Å². The molecular weight excluding hydrogens is 313 g/mol. The largest absolute Gasteiger partial charge is 0.451 e. The lowest BCUT2D eigenvalue weighted by Gasteiger charge is -2.27. The number of nitrogens with zero attached hydrogens (tertiary/aromatic N) is 2. The van der Waals surface area contributed by atoms with E-state index in [-0.39, 0.29) is 10.8 Å². The number of aliphatic hydroxyl groups excluding tert-OH is 1. The zero-order valence-electron chi connectivity index (χ0n) is 11.7. The minimum Gasteiger partial charge on any atom is -0.392 e. The Morgan fingerprint density at radius 1 is 1.09 bits per heavy atom. The standard InChI is InChI=1S/C15H15F3N2OS/c16-15(17,18)14-19-10-6-2-1-5-9(10)13(20-14)22-12-8-4-3-7-11(12)21/h1-2,5-6,11-12,21H,3-4,7-8H2. The summed E-state index contributed by atoms with van der Waals surface area (Å²) in [5.41, 5.74) is 0.276. The molecule has 1 heterocycles. The van der Waals surface area contributed by atoms with Gasteiger partial charge in [0, 0.05) is 10.6 Å². The van der Waals surface area contributed by atoms with Crippen molar-refractivity contribution in [3.05, 3.63) is 30.1 Å². The van der Waals surface area contributed by atoms with Gasteiger partial charge in [-0.2, -0.15) is 13.2 Å². The first kappa shape index (κ1) is 15.6. The second-order valence-electron chi connectivity index (χ2n) is 5.38. The molecule has 0 bridgehead atoms. The average Bonchev–Trinajstić information content (AvgIpc) is 2.48. The zero-order valence-corrected chi connectivity index (χ0v) is 12.5. The predicted molar refractivity (Wildman–Crippen MR) is 78.7 cm³/mol. The van der Waals surface area contributed by atoms with Crippen LogP contribution < -0.4 is 0 Å². The molecular formula is C15H15F3N2OS. The van der Waals surface area contributed by atoms with Gasteiger partial charge in [-0.25, -0.2) is 9.97 Å². The molecule has 0 spiro atoms. The van der Waals surface area contributed by atoms with Gasteiger partial charge in [-0.3, -0.25) is 0 Å². The van der Waals surface area contributed by atoms with Crippen LogP contribution in [0, 0.1) is 0 Å². The molecule has 1 aliphatic carbocycles. The van der Waals surface area contributed by atoms with Crippen LogP contribution >= 0.6 is 11.8 Å². The molecule has 1 aromatic carbocycles. The van der Waals surface area contributed by atoms with E-state index in [1.807, 2.05) is 0 Å². The maximum atomic E-state index is 13.0. The van der Waals surface area contributed by atoms with Crippen LogP contribution in [0.3, 0.4) is 0 Å². The molecule has 7 heteroatoms. The summed E-state index contributed by atoms with van der Waals surface area (Å²) in [6, 6.07) is 6.67. The number of halogens is 3. The van der Waals surface area contributed by atoms with E-state index in [0.29, 0.717) is 16.8 Å². The van der Waals surface area contributed by atoms with Crippen LogP contribution in [0.2, 0.25) is 0 Å². The molecule has 0 radical (unpaired) electrons. The van der Waals surface area contributed by atoms with Crippen molar-refractivity contribution in [2.24, 2.45) is 0 Å². The van der Waals surface area contributed by atoms with Gasteiger partial charge in [-0.15, -0.1) is 0 Å².